The molecule has 0 atom stereocenters. The van der Waals surface area contributed by atoms with Crippen LogP contribution in [0.25, 0.3) is 5.82 Å². The van der Waals surface area contributed by atoms with Crippen LogP contribution in [0.15, 0.2) is 48.1 Å². The molecule has 0 spiro atoms. The molecule has 164 valence electrons. The van der Waals surface area contributed by atoms with Gasteiger partial charge in [0, 0.05) is 58.5 Å². The van der Waals surface area contributed by atoms with E-state index in [-0.39, 0.29) is 36.4 Å². The number of piperazine rings is 1. The van der Waals surface area contributed by atoms with Gasteiger partial charge in [-0.05, 0) is 18.6 Å². The molecule has 0 bridgehead atoms. The van der Waals surface area contributed by atoms with Crippen LogP contribution in [0.1, 0.15) is 11.4 Å². The van der Waals surface area contributed by atoms with Crippen LogP contribution in [0, 0.1) is 6.92 Å². The molecule has 0 saturated carbocycles. The van der Waals surface area contributed by atoms with Gasteiger partial charge in [0.2, 0.25) is 5.91 Å². The highest BCUT2D eigenvalue weighted by Gasteiger charge is 2.27. The standard InChI is InChI=1S/C20H25N9O.HI/c1-15-22-6-7-28(15)18-5-4-16(10-23-18)11-24-20(21-2)27-8-9-29(19(30)14-27)17-12-25-26(3)13-17;/h4-7,10,12-13H,8-9,11,14H2,1-3H3,(H,21,24);1H. The second-order valence-corrected chi connectivity index (χ2v) is 7.11. The number of pyridine rings is 1. The summed E-state index contributed by atoms with van der Waals surface area (Å²) in [6.07, 6.45) is 9.04. The summed E-state index contributed by atoms with van der Waals surface area (Å²) in [5.41, 5.74) is 1.85. The average Bonchev–Trinajstić information content (AvgIpc) is 3.37. The first kappa shape index (κ1) is 22.7. The molecule has 11 heteroatoms. The molecular weight excluding hydrogens is 509 g/mol. The summed E-state index contributed by atoms with van der Waals surface area (Å²) in [7, 11) is 3.57. The number of rotatable bonds is 4. The number of nitrogens with zero attached hydrogens (tertiary/aromatic N) is 8. The lowest BCUT2D eigenvalue weighted by atomic mass is 10.2. The second-order valence-electron chi connectivity index (χ2n) is 7.11. The third-order valence-electron chi connectivity index (χ3n) is 5.07. The summed E-state index contributed by atoms with van der Waals surface area (Å²) < 4.78 is 3.63. The van der Waals surface area contributed by atoms with E-state index in [9.17, 15) is 4.79 Å². The fourth-order valence-electron chi connectivity index (χ4n) is 3.47. The van der Waals surface area contributed by atoms with E-state index >= 15 is 0 Å². The number of carbonyl (C=O) groups excluding carboxylic acids is 1. The Morgan fingerprint density at radius 1 is 1.23 bits per heavy atom. The summed E-state index contributed by atoms with van der Waals surface area (Å²) in [6.45, 7) is 4.06. The van der Waals surface area contributed by atoms with Crippen molar-refractivity contribution in [1.29, 1.82) is 0 Å². The number of aryl methyl sites for hydroxylation is 2. The lowest BCUT2D eigenvalue weighted by Crippen LogP contribution is -2.55. The van der Waals surface area contributed by atoms with Crippen LogP contribution in [0.2, 0.25) is 0 Å². The smallest absolute Gasteiger partial charge is 0.246 e. The first-order valence-corrected chi connectivity index (χ1v) is 9.75. The average molecular weight is 535 g/mol. The van der Waals surface area contributed by atoms with Gasteiger partial charge in [-0.3, -0.25) is 19.0 Å². The maximum Gasteiger partial charge on any atom is 0.246 e. The van der Waals surface area contributed by atoms with Crippen LogP contribution in [0.5, 0.6) is 0 Å². The highest BCUT2D eigenvalue weighted by molar-refractivity contribution is 14.0. The Labute approximate surface area is 198 Å². The van der Waals surface area contributed by atoms with E-state index in [2.05, 4.69) is 25.4 Å². The Hall–Kier alpha value is -2.96. The molecule has 4 heterocycles. The number of anilines is 1. The first-order valence-electron chi connectivity index (χ1n) is 9.75. The van der Waals surface area contributed by atoms with Crippen molar-refractivity contribution in [3.8, 4) is 5.82 Å². The van der Waals surface area contributed by atoms with E-state index in [0.29, 0.717) is 25.6 Å². The number of nitrogens with one attached hydrogen (secondary N) is 1. The van der Waals surface area contributed by atoms with E-state index in [1.165, 1.54) is 0 Å². The SMILES string of the molecule is CN=C(NCc1ccc(-n2ccnc2C)nc1)N1CCN(c2cnn(C)c2)C(=O)C1.I. The number of hydrogen-bond donors (Lipinski definition) is 1. The molecule has 1 amide bonds. The Morgan fingerprint density at radius 2 is 2.06 bits per heavy atom. The van der Waals surface area contributed by atoms with Gasteiger partial charge in [-0.15, -0.1) is 24.0 Å². The zero-order chi connectivity index (χ0) is 21.1. The fraction of sp³-hybridized carbons (Fsp3) is 0.350. The van der Waals surface area contributed by atoms with Crippen LogP contribution in [-0.4, -0.2) is 67.8 Å². The van der Waals surface area contributed by atoms with E-state index in [1.807, 2.05) is 54.2 Å². The van der Waals surface area contributed by atoms with Crippen molar-refractivity contribution in [2.75, 3.05) is 31.6 Å². The summed E-state index contributed by atoms with van der Waals surface area (Å²) in [4.78, 5) is 29.4. The molecule has 10 nitrogen and oxygen atoms in total. The molecule has 0 aromatic carbocycles. The van der Waals surface area contributed by atoms with Crippen LogP contribution in [0.4, 0.5) is 5.69 Å². The maximum absolute atomic E-state index is 12.6. The van der Waals surface area contributed by atoms with Crippen LogP contribution in [-0.2, 0) is 18.4 Å². The summed E-state index contributed by atoms with van der Waals surface area (Å²) in [5.74, 6) is 2.45. The van der Waals surface area contributed by atoms with Crippen LogP contribution < -0.4 is 10.2 Å². The summed E-state index contributed by atoms with van der Waals surface area (Å²) in [5, 5.41) is 7.48. The summed E-state index contributed by atoms with van der Waals surface area (Å²) in [6, 6.07) is 3.98. The van der Waals surface area contributed by atoms with E-state index in [1.54, 1.807) is 29.0 Å². The number of amides is 1. The van der Waals surface area contributed by atoms with Crippen molar-refractivity contribution in [1.82, 2.24) is 34.5 Å². The van der Waals surface area contributed by atoms with Gasteiger partial charge >= 0.3 is 0 Å². The number of halogens is 1. The predicted octanol–water partition coefficient (Wildman–Crippen LogP) is 1.35. The van der Waals surface area contributed by atoms with Gasteiger partial charge in [0.1, 0.15) is 18.2 Å². The Balaban J connectivity index is 0.00000272. The molecule has 3 aromatic heterocycles. The molecule has 31 heavy (non-hydrogen) atoms. The highest BCUT2D eigenvalue weighted by atomic mass is 127. The van der Waals surface area contributed by atoms with Gasteiger partial charge in [0.25, 0.3) is 0 Å². The largest absolute Gasteiger partial charge is 0.352 e. The third kappa shape index (κ3) is 5.03. The number of aromatic nitrogens is 5. The van der Waals surface area contributed by atoms with Crippen LogP contribution in [0.3, 0.4) is 0 Å². The molecule has 1 N–H and O–H groups in total. The van der Waals surface area contributed by atoms with Gasteiger partial charge in [0.15, 0.2) is 5.96 Å². The van der Waals surface area contributed by atoms with Crippen molar-refractivity contribution in [3.63, 3.8) is 0 Å². The quantitative estimate of drug-likeness (QED) is 0.308. The van der Waals surface area contributed by atoms with E-state index in [4.69, 9.17) is 0 Å². The molecule has 0 aliphatic carbocycles. The predicted molar refractivity (Wildman–Crippen MR) is 129 cm³/mol. The Morgan fingerprint density at radius 3 is 2.65 bits per heavy atom. The van der Waals surface area contributed by atoms with E-state index in [0.717, 1.165) is 22.9 Å². The van der Waals surface area contributed by atoms with Crippen molar-refractivity contribution in [2.45, 2.75) is 13.5 Å². The first-order chi connectivity index (χ1) is 14.5. The van der Waals surface area contributed by atoms with Gasteiger partial charge < -0.3 is 15.1 Å². The van der Waals surface area contributed by atoms with Gasteiger partial charge in [0.05, 0.1) is 11.9 Å². The van der Waals surface area contributed by atoms with Crippen LogP contribution >= 0.6 is 24.0 Å². The lowest BCUT2D eigenvalue weighted by Gasteiger charge is -2.35. The lowest BCUT2D eigenvalue weighted by molar-refractivity contribution is -0.120. The van der Waals surface area contributed by atoms with Gasteiger partial charge in [-0.2, -0.15) is 5.10 Å². The summed E-state index contributed by atoms with van der Waals surface area (Å²) >= 11 is 0. The topological polar surface area (TPSA) is 96.5 Å². The molecule has 4 rings (SSSR count). The van der Waals surface area contributed by atoms with Crippen molar-refractivity contribution >= 4 is 41.5 Å². The molecule has 1 aliphatic rings. The van der Waals surface area contributed by atoms with Crippen molar-refractivity contribution in [3.05, 3.63) is 54.5 Å². The minimum absolute atomic E-state index is 0. The minimum Gasteiger partial charge on any atom is -0.352 e. The Kier molecular flexibility index (Phi) is 7.25. The molecule has 3 aromatic rings. The third-order valence-corrected chi connectivity index (χ3v) is 5.07. The monoisotopic (exact) mass is 535 g/mol. The number of hydrogen-bond acceptors (Lipinski definition) is 5. The number of aliphatic imine (C=N–C) groups is 1. The molecule has 1 aliphatic heterocycles. The molecule has 1 fully saturated rings. The number of guanidine groups is 1. The molecule has 0 unspecified atom stereocenters. The fourth-order valence-corrected chi connectivity index (χ4v) is 3.47. The van der Waals surface area contributed by atoms with Crippen molar-refractivity contribution < 1.29 is 4.79 Å². The Bertz CT molecular complexity index is 1060. The van der Waals surface area contributed by atoms with E-state index < -0.39 is 0 Å². The normalized spacial score (nSPS) is 14.5. The highest BCUT2D eigenvalue weighted by Crippen LogP contribution is 2.16. The van der Waals surface area contributed by atoms with Crippen molar-refractivity contribution in [2.24, 2.45) is 12.0 Å². The minimum atomic E-state index is 0. The van der Waals surface area contributed by atoms with Gasteiger partial charge in [-0.25, -0.2) is 9.97 Å². The zero-order valence-electron chi connectivity index (χ0n) is 17.8. The number of carbonyl (C=O) groups is 1. The molecular formula is C20H26IN9O. The molecule has 1 saturated heterocycles. The number of imidazole rings is 1. The second kappa shape index (κ2) is 9.90. The molecule has 0 radical (unpaired) electrons. The van der Waals surface area contributed by atoms with Gasteiger partial charge in [-0.1, -0.05) is 6.07 Å². The zero-order valence-corrected chi connectivity index (χ0v) is 20.1. The maximum atomic E-state index is 12.6.